The van der Waals surface area contributed by atoms with Gasteiger partial charge in [-0.1, -0.05) is 43.6 Å². The van der Waals surface area contributed by atoms with E-state index >= 15 is 0 Å². The summed E-state index contributed by atoms with van der Waals surface area (Å²) in [6.07, 6.45) is 4.38. The average Bonchev–Trinajstić information content (AvgIpc) is 2.60. The van der Waals surface area contributed by atoms with Gasteiger partial charge >= 0.3 is 0 Å². The Labute approximate surface area is 151 Å². The first-order chi connectivity index (χ1) is 12.0. The summed E-state index contributed by atoms with van der Waals surface area (Å²) >= 11 is 6.23. The van der Waals surface area contributed by atoms with E-state index in [4.69, 9.17) is 11.6 Å². The van der Waals surface area contributed by atoms with E-state index in [1.807, 2.05) is 26.0 Å². The first kappa shape index (κ1) is 18.7. The van der Waals surface area contributed by atoms with E-state index in [1.165, 1.54) is 18.2 Å². The highest BCUT2D eigenvalue weighted by atomic mass is 35.5. The Hall–Kier alpha value is -2.66. The number of nitro groups is 1. The van der Waals surface area contributed by atoms with Gasteiger partial charge in [-0.25, -0.2) is 0 Å². The van der Waals surface area contributed by atoms with Crippen molar-refractivity contribution in [2.75, 3.05) is 5.32 Å². The van der Waals surface area contributed by atoms with E-state index in [9.17, 15) is 14.9 Å². The number of amides is 1. The number of anilines is 1. The summed E-state index contributed by atoms with van der Waals surface area (Å²) in [5, 5.41) is 14.3. The molecule has 2 aromatic rings. The van der Waals surface area contributed by atoms with Crippen molar-refractivity contribution in [1.29, 1.82) is 0 Å². The van der Waals surface area contributed by atoms with Crippen molar-refractivity contribution < 1.29 is 9.72 Å². The Kier molecular flexibility index (Phi) is 6.31. The topological polar surface area (TPSA) is 72.2 Å². The number of carbonyl (C=O) groups is 1. The quantitative estimate of drug-likeness (QED) is 0.447. The number of nitrogens with one attached hydrogen (secondary N) is 1. The molecule has 130 valence electrons. The number of benzene rings is 2. The molecule has 0 aliphatic rings. The third-order valence-corrected chi connectivity index (χ3v) is 4.19. The third-order valence-electron chi connectivity index (χ3n) is 3.83. The molecule has 0 aliphatic carbocycles. The van der Waals surface area contributed by atoms with Crippen molar-refractivity contribution in [1.82, 2.24) is 0 Å². The monoisotopic (exact) mass is 358 g/mol. The van der Waals surface area contributed by atoms with E-state index in [2.05, 4.69) is 5.32 Å². The van der Waals surface area contributed by atoms with Gasteiger partial charge in [-0.3, -0.25) is 14.9 Å². The molecule has 1 amide bonds. The second-order valence-corrected chi connectivity index (χ2v) is 5.85. The third kappa shape index (κ3) is 4.67. The van der Waals surface area contributed by atoms with Crippen LogP contribution in [0.25, 0.3) is 6.08 Å². The molecule has 0 unspecified atom stereocenters. The van der Waals surface area contributed by atoms with Crippen LogP contribution in [0.15, 0.2) is 42.5 Å². The smallest absolute Gasteiger partial charge is 0.270 e. The van der Waals surface area contributed by atoms with Crippen molar-refractivity contribution in [3.05, 3.63) is 74.3 Å². The molecule has 0 atom stereocenters. The van der Waals surface area contributed by atoms with Crippen molar-refractivity contribution in [2.45, 2.75) is 26.7 Å². The zero-order chi connectivity index (χ0) is 18.4. The number of aryl methyl sites for hydroxylation is 1. The standard InChI is InChI=1S/C19H19ClN2O3/c1-3-14-9-10-17(20)16(4-2)19(14)21-18(23)11-8-13-6-5-7-15(12-13)22(24)25/h5-12H,3-4H2,1-2H3,(H,21,23)/b11-8+. The van der Waals surface area contributed by atoms with E-state index in [0.717, 1.165) is 23.2 Å². The van der Waals surface area contributed by atoms with E-state index in [1.54, 1.807) is 18.2 Å². The molecule has 0 aromatic heterocycles. The molecule has 6 heteroatoms. The molecule has 0 radical (unpaired) electrons. The fraction of sp³-hybridized carbons (Fsp3) is 0.211. The predicted molar refractivity (Wildman–Crippen MR) is 101 cm³/mol. The molecular weight excluding hydrogens is 340 g/mol. The second kappa shape index (κ2) is 8.44. The number of rotatable bonds is 6. The summed E-state index contributed by atoms with van der Waals surface area (Å²) in [5.74, 6) is -0.307. The molecule has 0 saturated carbocycles. The Morgan fingerprint density at radius 2 is 2.00 bits per heavy atom. The molecule has 0 heterocycles. The molecule has 1 N–H and O–H groups in total. The van der Waals surface area contributed by atoms with Gasteiger partial charge < -0.3 is 5.32 Å². The van der Waals surface area contributed by atoms with Gasteiger partial charge in [-0.05, 0) is 41.7 Å². The van der Waals surface area contributed by atoms with Crippen LogP contribution in [0.5, 0.6) is 0 Å². The number of carbonyl (C=O) groups excluding carboxylic acids is 1. The molecule has 0 bridgehead atoms. The van der Waals surface area contributed by atoms with Gasteiger partial charge in [0.25, 0.3) is 5.69 Å². The summed E-state index contributed by atoms with van der Waals surface area (Å²) in [6, 6.07) is 9.85. The molecule has 0 saturated heterocycles. The SMILES string of the molecule is CCc1ccc(Cl)c(CC)c1NC(=O)/C=C/c1cccc([N+](=O)[O-])c1. The highest BCUT2D eigenvalue weighted by Crippen LogP contribution is 2.29. The lowest BCUT2D eigenvalue weighted by Crippen LogP contribution is -2.12. The first-order valence-electron chi connectivity index (χ1n) is 8.00. The minimum absolute atomic E-state index is 0.0149. The van der Waals surface area contributed by atoms with Crippen LogP contribution in [0.1, 0.15) is 30.5 Å². The number of hydrogen-bond donors (Lipinski definition) is 1. The van der Waals surface area contributed by atoms with Crippen LogP contribution in [-0.4, -0.2) is 10.8 Å². The molecule has 25 heavy (non-hydrogen) atoms. The molecule has 0 aliphatic heterocycles. The Bertz CT molecular complexity index is 831. The van der Waals surface area contributed by atoms with E-state index < -0.39 is 4.92 Å². The predicted octanol–water partition coefficient (Wildman–Crippen LogP) is 5.02. The number of nitro benzene ring substituents is 1. The van der Waals surface area contributed by atoms with Crippen LogP contribution in [-0.2, 0) is 17.6 Å². The summed E-state index contributed by atoms with van der Waals surface area (Å²) in [5.41, 5.74) is 3.23. The molecule has 2 aromatic carbocycles. The summed E-state index contributed by atoms with van der Waals surface area (Å²) in [7, 11) is 0. The van der Waals surface area contributed by atoms with Gasteiger partial charge in [0.05, 0.1) is 4.92 Å². The van der Waals surface area contributed by atoms with Crippen molar-refractivity contribution in [3.8, 4) is 0 Å². The highest BCUT2D eigenvalue weighted by molar-refractivity contribution is 6.32. The van der Waals surface area contributed by atoms with Gasteiger partial charge in [0.1, 0.15) is 0 Å². The minimum Gasteiger partial charge on any atom is -0.322 e. The van der Waals surface area contributed by atoms with Crippen molar-refractivity contribution in [3.63, 3.8) is 0 Å². The van der Waals surface area contributed by atoms with Gasteiger partial charge in [0.2, 0.25) is 5.91 Å². The number of nitrogens with zero attached hydrogens (tertiary/aromatic N) is 1. The van der Waals surface area contributed by atoms with Crippen LogP contribution >= 0.6 is 11.6 Å². The summed E-state index contributed by atoms with van der Waals surface area (Å²) in [6.45, 7) is 3.99. The fourth-order valence-electron chi connectivity index (χ4n) is 2.55. The van der Waals surface area contributed by atoms with Crippen molar-refractivity contribution in [2.24, 2.45) is 0 Å². The molecule has 0 spiro atoms. The zero-order valence-electron chi connectivity index (χ0n) is 14.1. The van der Waals surface area contributed by atoms with E-state index in [0.29, 0.717) is 17.0 Å². The van der Waals surface area contributed by atoms with Crippen LogP contribution in [0.4, 0.5) is 11.4 Å². The average molecular weight is 359 g/mol. The molecule has 5 nitrogen and oxygen atoms in total. The molecule has 2 rings (SSSR count). The Morgan fingerprint density at radius 3 is 2.64 bits per heavy atom. The van der Waals surface area contributed by atoms with Crippen LogP contribution in [0, 0.1) is 10.1 Å². The highest BCUT2D eigenvalue weighted by Gasteiger charge is 2.12. The van der Waals surface area contributed by atoms with Crippen LogP contribution in [0.2, 0.25) is 5.02 Å². The maximum absolute atomic E-state index is 12.3. The number of halogens is 1. The second-order valence-electron chi connectivity index (χ2n) is 5.44. The maximum Gasteiger partial charge on any atom is 0.270 e. The Morgan fingerprint density at radius 1 is 1.24 bits per heavy atom. The molecule has 0 fully saturated rings. The van der Waals surface area contributed by atoms with Gasteiger partial charge in [-0.15, -0.1) is 0 Å². The first-order valence-corrected chi connectivity index (χ1v) is 8.37. The maximum atomic E-state index is 12.3. The van der Waals surface area contributed by atoms with Crippen LogP contribution in [0.3, 0.4) is 0 Å². The summed E-state index contributed by atoms with van der Waals surface area (Å²) < 4.78 is 0. The van der Waals surface area contributed by atoms with Crippen molar-refractivity contribution >= 4 is 35.0 Å². The molecular formula is C19H19ClN2O3. The largest absolute Gasteiger partial charge is 0.322 e. The normalized spacial score (nSPS) is 10.8. The number of hydrogen-bond acceptors (Lipinski definition) is 3. The minimum atomic E-state index is -0.468. The zero-order valence-corrected chi connectivity index (χ0v) is 14.8. The fourth-order valence-corrected chi connectivity index (χ4v) is 2.84. The lowest BCUT2D eigenvalue weighted by atomic mass is 10.0. The Balaban J connectivity index is 2.22. The van der Waals surface area contributed by atoms with E-state index in [-0.39, 0.29) is 11.6 Å². The number of non-ortho nitro benzene ring substituents is 1. The van der Waals surface area contributed by atoms with Crippen LogP contribution < -0.4 is 5.32 Å². The lowest BCUT2D eigenvalue weighted by molar-refractivity contribution is -0.384. The van der Waals surface area contributed by atoms with Gasteiger partial charge in [0.15, 0.2) is 0 Å². The summed E-state index contributed by atoms with van der Waals surface area (Å²) in [4.78, 5) is 22.6. The lowest BCUT2D eigenvalue weighted by Gasteiger charge is -2.15. The van der Waals surface area contributed by atoms with Gasteiger partial charge in [-0.2, -0.15) is 0 Å². The van der Waals surface area contributed by atoms with Gasteiger partial charge in [0, 0.05) is 28.9 Å².